The first-order valence-corrected chi connectivity index (χ1v) is 4.92. The number of carboxylic acid groups (broad SMARTS) is 1. The molecule has 0 atom stereocenters. The molecule has 1 heterocycles. The fourth-order valence-corrected chi connectivity index (χ4v) is 1.25. The second-order valence-electron chi connectivity index (χ2n) is 3.19. The van der Waals surface area contributed by atoms with Crippen LogP contribution in [0.15, 0.2) is 12.4 Å². The van der Waals surface area contributed by atoms with E-state index in [4.69, 9.17) is 11.5 Å². The summed E-state index contributed by atoms with van der Waals surface area (Å²) in [4.78, 5) is 20.3. The minimum Gasteiger partial charge on any atom is -0.476 e. The van der Waals surface area contributed by atoms with Crippen LogP contribution in [0.5, 0.6) is 0 Å². The highest BCUT2D eigenvalue weighted by Gasteiger charge is 2.08. The lowest BCUT2D eigenvalue weighted by Crippen LogP contribution is -2.25. The summed E-state index contributed by atoms with van der Waals surface area (Å²) in [7, 11) is 0. The Morgan fingerprint density at radius 2 is 2.31 bits per heavy atom. The van der Waals surface area contributed by atoms with Crippen molar-refractivity contribution in [2.75, 3.05) is 18.0 Å². The SMILES string of the molecule is C#CCN(CCC)c1cnc(C(=O)O)cn1. The van der Waals surface area contributed by atoms with Gasteiger partial charge >= 0.3 is 5.97 Å². The van der Waals surface area contributed by atoms with E-state index in [0.29, 0.717) is 12.4 Å². The molecule has 0 aliphatic rings. The van der Waals surface area contributed by atoms with Gasteiger partial charge in [-0.15, -0.1) is 6.42 Å². The van der Waals surface area contributed by atoms with Crippen LogP contribution in [-0.4, -0.2) is 34.1 Å². The Labute approximate surface area is 94.1 Å². The second-order valence-corrected chi connectivity index (χ2v) is 3.19. The number of anilines is 1. The van der Waals surface area contributed by atoms with E-state index in [1.807, 2.05) is 11.8 Å². The maximum Gasteiger partial charge on any atom is 0.356 e. The van der Waals surface area contributed by atoms with Crippen molar-refractivity contribution in [2.24, 2.45) is 0 Å². The number of carboxylic acids is 1. The van der Waals surface area contributed by atoms with Gasteiger partial charge in [0.05, 0.1) is 18.9 Å². The number of rotatable bonds is 5. The molecule has 0 bridgehead atoms. The Morgan fingerprint density at radius 3 is 2.75 bits per heavy atom. The van der Waals surface area contributed by atoms with Crippen LogP contribution in [0.25, 0.3) is 0 Å². The molecule has 0 aromatic carbocycles. The molecule has 0 spiro atoms. The summed E-state index contributed by atoms with van der Waals surface area (Å²) in [5.41, 5.74) is -0.0686. The van der Waals surface area contributed by atoms with Gasteiger partial charge in [0.15, 0.2) is 5.69 Å². The van der Waals surface area contributed by atoms with E-state index in [-0.39, 0.29) is 5.69 Å². The Kier molecular flexibility index (Phi) is 4.28. The fourth-order valence-electron chi connectivity index (χ4n) is 1.25. The number of carbonyl (C=O) groups is 1. The molecule has 1 aromatic heterocycles. The van der Waals surface area contributed by atoms with Crippen molar-refractivity contribution in [3.05, 3.63) is 18.1 Å². The van der Waals surface area contributed by atoms with Gasteiger partial charge in [-0.25, -0.2) is 14.8 Å². The number of aromatic nitrogens is 2. The molecule has 0 radical (unpaired) electrons. The van der Waals surface area contributed by atoms with Crippen LogP contribution in [0.3, 0.4) is 0 Å². The molecule has 1 N–H and O–H groups in total. The third-order valence-corrected chi connectivity index (χ3v) is 1.96. The van der Waals surface area contributed by atoms with Gasteiger partial charge in [-0.05, 0) is 6.42 Å². The normalized spacial score (nSPS) is 9.50. The lowest BCUT2D eigenvalue weighted by Gasteiger charge is -2.19. The van der Waals surface area contributed by atoms with Crippen LogP contribution in [0, 0.1) is 12.3 Å². The summed E-state index contributed by atoms with van der Waals surface area (Å²) in [5.74, 6) is 2.05. The summed E-state index contributed by atoms with van der Waals surface area (Å²) in [6.07, 6.45) is 8.84. The molecule has 5 nitrogen and oxygen atoms in total. The van der Waals surface area contributed by atoms with Gasteiger partial charge in [0.25, 0.3) is 0 Å². The second kappa shape index (κ2) is 5.71. The lowest BCUT2D eigenvalue weighted by atomic mass is 10.4. The predicted octanol–water partition coefficient (Wildman–Crippen LogP) is 1.02. The number of hydrogen-bond donors (Lipinski definition) is 1. The quantitative estimate of drug-likeness (QED) is 0.749. The number of aromatic carboxylic acids is 1. The van der Waals surface area contributed by atoms with Gasteiger partial charge in [0.1, 0.15) is 5.82 Å². The first-order chi connectivity index (χ1) is 7.69. The van der Waals surface area contributed by atoms with Crippen molar-refractivity contribution in [1.29, 1.82) is 0 Å². The van der Waals surface area contributed by atoms with Crippen LogP contribution in [0.4, 0.5) is 5.82 Å². The summed E-state index contributed by atoms with van der Waals surface area (Å²) in [6, 6.07) is 0. The Bertz CT molecular complexity index is 395. The van der Waals surface area contributed by atoms with Crippen LogP contribution < -0.4 is 4.90 Å². The standard InChI is InChI=1S/C11H13N3O2/c1-3-5-14(6-4-2)10-8-12-9(7-13-10)11(15)16/h1,7-8H,4-6H2,2H3,(H,15,16). The average Bonchev–Trinajstić information content (AvgIpc) is 2.29. The molecule has 0 fully saturated rings. The maximum absolute atomic E-state index is 10.6. The summed E-state index contributed by atoms with van der Waals surface area (Å²) < 4.78 is 0. The molecule has 0 saturated carbocycles. The van der Waals surface area contributed by atoms with Crippen LogP contribution in [0.2, 0.25) is 0 Å². The average molecular weight is 219 g/mol. The van der Waals surface area contributed by atoms with Crippen molar-refractivity contribution in [3.8, 4) is 12.3 Å². The molecule has 0 saturated heterocycles. The molecular formula is C11H13N3O2. The van der Waals surface area contributed by atoms with Gasteiger partial charge in [-0.3, -0.25) is 0 Å². The van der Waals surface area contributed by atoms with Gasteiger partial charge in [0.2, 0.25) is 0 Å². The fraction of sp³-hybridized carbons (Fsp3) is 0.364. The highest BCUT2D eigenvalue weighted by molar-refractivity contribution is 5.84. The summed E-state index contributed by atoms with van der Waals surface area (Å²) >= 11 is 0. The first kappa shape index (κ1) is 12.0. The van der Waals surface area contributed by atoms with Crippen molar-refractivity contribution < 1.29 is 9.90 Å². The van der Waals surface area contributed by atoms with Gasteiger partial charge in [-0.1, -0.05) is 12.8 Å². The highest BCUT2D eigenvalue weighted by Crippen LogP contribution is 2.08. The van der Waals surface area contributed by atoms with E-state index in [9.17, 15) is 4.79 Å². The molecule has 0 amide bonds. The van der Waals surface area contributed by atoms with E-state index < -0.39 is 5.97 Å². The largest absolute Gasteiger partial charge is 0.476 e. The van der Waals surface area contributed by atoms with Crippen LogP contribution in [-0.2, 0) is 0 Å². The Morgan fingerprint density at radius 1 is 1.56 bits per heavy atom. The molecule has 0 aliphatic carbocycles. The number of nitrogens with zero attached hydrogens (tertiary/aromatic N) is 3. The molecule has 84 valence electrons. The zero-order chi connectivity index (χ0) is 12.0. The van der Waals surface area contributed by atoms with Gasteiger partial charge < -0.3 is 10.0 Å². The van der Waals surface area contributed by atoms with E-state index in [0.717, 1.165) is 13.0 Å². The molecule has 0 unspecified atom stereocenters. The minimum atomic E-state index is -1.09. The molecular weight excluding hydrogens is 206 g/mol. The third kappa shape index (κ3) is 2.95. The first-order valence-electron chi connectivity index (χ1n) is 4.92. The Balaban J connectivity index is 2.85. The van der Waals surface area contributed by atoms with E-state index in [2.05, 4.69) is 15.9 Å². The molecule has 1 aromatic rings. The monoisotopic (exact) mass is 219 g/mol. The summed E-state index contributed by atoms with van der Waals surface area (Å²) in [6.45, 7) is 3.24. The van der Waals surface area contributed by atoms with Crippen molar-refractivity contribution >= 4 is 11.8 Å². The smallest absolute Gasteiger partial charge is 0.356 e. The van der Waals surface area contributed by atoms with Crippen molar-refractivity contribution in [3.63, 3.8) is 0 Å². The lowest BCUT2D eigenvalue weighted by molar-refractivity contribution is 0.0690. The zero-order valence-electron chi connectivity index (χ0n) is 9.05. The predicted molar refractivity (Wildman–Crippen MR) is 60.3 cm³/mol. The van der Waals surface area contributed by atoms with Gasteiger partial charge in [-0.2, -0.15) is 0 Å². The van der Waals surface area contributed by atoms with E-state index in [1.54, 1.807) is 0 Å². The van der Waals surface area contributed by atoms with Crippen molar-refractivity contribution in [2.45, 2.75) is 13.3 Å². The zero-order valence-corrected chi connectivity index (χ0v) is 9.05. The number of hydrogen-bond acceptors (Lipinski definition) is 4. The Hall–Kier alpha value is -2.09. The summed E-state index contributed by atoms with van der Waals surface area (Å²) in [5, 5.41) is 8.67. The maximum atomic E-state index is 10.6. The highest BCUT2D eigenvalue weighted by atomic mass is 16.4. The van der Waals surface area contributed by atoms with Gasteiger partial charge in [0, 0.05) is 6.54 Å². The van der Waals surface area contributed by atoms with Crippen LogP contribution in [0.1, 0.15) is 23.8 Å². The third-order valence-electron chi connectivity index (χ3n) is 1.96. The molecule has 1 rings (SSSR count). The van der Waals surface area contributed by atoms with Crippen LogP contribution >= 0.6 is 0 Å². The minimum absolute atomic E-state index is 0.0686. The van der Waals surface area contributed by atoms with E-state index in [1.165, 1.54) is 12.4 Å². The number of terminal acetylenes is 1. The van der Waals surface area contributed by atoms with E-state index >= 15 is 0 Å². The topological polar surface area (TPSA) is 66.3 Å². The molecule has 5 heteroatoms. The molecule has 0 aliphatic heterocycles. The van der Waals surface area contributed by atoms with Crippen molar-refractivity contribution in [1.82, 2.24) is 9.97 Å². The molecule has 16 heavy (non-hydrogen) atoms.